The first-order chi connectivity index (χ1) is 7.74. The molecule has 0 saturated carbocycles. The fraction of sp³-hybridized carbons (Fsp3) is 0.538. The van der Waals surface area contributed by atoms with Gasteiger partial charge in [-0.15, -0.1) is 0 Å². The van der Waals surface area contributed by atoms with Gasteiger partial charge >= 0.3 is 0 Å². The molecule has 2 heterocycles. The monoisotopic (exact) mass is 218 g/mol. The van der Waals surface area contributed by atoms with Crippen LogP contribution in [0.25, 0.3) is 0 Å². The van der Waals surface area contributed by atoms with Gasteiger partial charge in [-0.25, -0.2) is 0 Å². The molecule has 2 aliphatic heterocycles. The summed E-state index contributed by atoms with van der Waals surface area (Å²) in [5.41, 5.74) is 11.0. The number of benzene rings is 1. The van der Waals surface area contributed by atoms with Crippen molar-refractivity contribution >= 4 is 5.69 Å². The zero-order valence-electron chi connectivity index (χ0n) is 9.70. The average molecular weight is 218 g/mol. The normalized spacial score (nSPS) is 24.9. The summed E-state index contributed by atoms with van der Waals surface area (Å²) in [4.78, 5) is 2.31. The summed E-state index contributed by atoms with van der Waals surface area (Å²) in [6.45, 7) is 2.86. The van der Waals surface area contributed by atoms with Gasteiger partial charge in [0, 0.05) is 25.4 Å². The standard InChI is InChI=1S/C13H18N2O/c1-15-7-10-6-11(14)5-9-3-2-4-16-12(8-15)13(9)10/h5-6,12H,2-4,7-8,14H2,1H3. The Morgan fingerprint density at radius 2 is 2.19 bits per heavy atom. The molecule has 0 radical (unpaired) electrons. The van der Waals surface area contributed by atoms with Gasteiger partial charge in [-0.1, -0.05) is 0 Å². The van der Waals surface area contributed by atoms with Gasteiger partial charge in [-0.05, 0) is 48.7 Å². The molecule has 0 aromatic heterocycles. The number of nitrogen functional groups attached to an aromatic ring is 1. The summed E-state index contributed by atoms with van der Waals surface area (Å²) in [6.07, 6.45) is 2.47. The van der Waals surface area contributed by atoms with E-state index in [0.29, 0.717) is 0 Å². The van der Waals surface area contributed by atoms with Crippen molar-refractivity contribution in [1.29, 1.82) is 0 Å². The zero-order chi connectivity index (χ0) is 11.1. The van der Waals surface area contributed by atoms with Crippen molar-refractivity contribution in [3.8, 4) is 0 Å². The third-order valence-electron chi connectivity index (χ3n) is 3.52. The van der Waals surface area contributed by atoms with Crippen LogP contribution < -0.4 is 5.73 Å². The number of ether oxygens (including phenoxy) is 1. The fourth-order valence-electron chi connectivity index (χ4n) is 2.91. The van der Waals surface area contributed by atoms with Gasteiger partial charge < -0.3 is 10.5 Å². The van der Waals surface area contributed by atoms with Gasteiger partial charge in [0.05, 0.1) is 6.10 Å². The molecule has 0 bridgehead atoms. The van der Waals surface area contributed by atoms with Crippen LogP contribution in [0.1, 0.15) is 29.2 Å². The second-order valence-corrected chi connectivity index (χ2v) is 4.91. The molecule has 86 valence electrons. The maximum Gasteiger partial charge on any atom is 0.0957 e. The van der Waals surface area contributed by atoms with Crippen LogP contribution in [0, 0.1) is 0 Å². The van der Waals surface area contributed by atoms with Crippen LogP contribution in [-0.4, -0.2) is 25.1 Å². The second kappa shape index (κ2) is 3.75. The lowest BCUT2D eigenvalue weighted by Crippen LogP contribution is -2.32. The summed E-state index contributed by atoms with van der Waals surface area (Å²) < 4.78 is 5.94. The first-order valence-electron chi connectivity index (χ1n) is 5.95. The highest BCUT2D eigenvalue weighted by molar-refractivity contribution is 5.51. The van der Waals surface area contributed by atoms with Crippen LogP contribution in [0.5, 0.6) is 0 Å². The molecule has 0 amide bonds. The molecule has 3 rings (SSSR count). The Balaban J connectivity index is 2.14. The molecule has 1 atom stereocenters. The molecule has 0 fully saturated rings. The van der Waals surface area contributed by atoms with E-state index in [4.69, 9.17) is 10.5 Å². The molecule has 3 heteroatoms. The number of nitrogens with two attached hydrogens (primary N) is 1. The van der Waals surface area contributed by atoms with E-state index in [-0.39, 0.29) is 6.10 Å². The molecule has 0 spiro atoms. The number of rotatable bonds is 0. The number of nitrogens with zero attached hydrogens (tertiary/aromatic N) is 1. The van der Waals surface area contributed by atoms with E-state index in [1.807, 2.05) is 0 Å². The van der Waals surface area contributed by atoms with E-state index < -0.39 is 0 Å². The minimum Gasteiger partial charge on any atom is -0.399 e. The van der Waals surface area contributed by atoms with E-state index in [1.54, 1.807) is 0 Å². The quantitative estimate of drug-likeness (QED) is 0.674. The maximum atomic E-state index is 5.96. The van der Waals surface area contributed by atoms with Gasteiger partial charge in [0.25, 0.3) is 0 Å². The highest BCUT2D eigenvalue weighted by Crippen LogP contribution is 2.35. The van der Waals surface area contributed by atoms with Crippen LogP contribution in [0.4, 0.5) is 5.69 Å². The zero-order valence-corrected chi connectivity index (χ0v) is 9.70. The summed E-state index contributed by atoms with van der Waals surface area (Å²) in [6, 6.07) is 4.24. The summed E-state index contributed by atoms with van der Waals surface area (Å²) in [5.74, 6) is 0. The predicted octanol–water partition coefficient (Wildman–Crippen LogP) is 1.72. The lowest BCUT2D eigenvalue weighted by molar-refractivity contribution is 0.0233. The number of likely N-dealkylation sites (N-methyl/N-ethyl adjacent to an activating group) is 1. The summed E-state index contributed by atoms with van der Waals surface area (Å²) in [5, 5.41) is 0. The lowest BCUT2D eigenvalue weighted by atomic mass is 9.90. The highest BCUT2D eigenvalue weighted by Gasteiger charge is 2.28. The van der Waals surface area contributed by atoms with Crippen molar-refractivity contribution in [2.24, 2.45) is 0 Å². The highest BCUT2D eigenvalue weighted by atomic mass is 16.5. The molecule has 3 nitrogen and oxygen atoms in total. The minimum atomic E-state index is 0.256. The van der Waals surface area contributed by atoms with Gasteiger partial charge in [0.1, 0.15) is 0 Å². The fourth-order valence-corrected chi connectivity index (χ4v) is 2.91. The molecule has 1 aromatic carbocycles. The van der Waals surface area contributed by atoms with E-state index in [0.717, 1.165) is 38.2 Å². The Labute approximate surface area is 96.2 Å². The van der Waals surface area contributed by atoms with Crippen LogP contribution in [0.3, 0.4) is 0 Å². The third-order valence-corrected chi connectivity index (χ3v) is 3.52. The predicted molar refractivity (Wildman–Crippen MR) is 64.2 cm³/mol. The second-order valence-electron chi connectivity index (χ2n) is 4.91. The molecule has 0 aliphatic carbocycles. The first kappa shape index (κ1) is 10.1. The molecule has 16 heavy (non-hydrogen) atoms. The Bertz CT molecular complexity index is 417. The first-order valence-corrected chi connectivity index (χ1v) is 5.95. The van der Waals surface area contributed by atoms with Crippen molar-refractivity contribution < 1.29 is 4.74 Å². The molecule has 2 aliphatic rings. The van der Waals surface area contributed by atoms with E-state index in [1.165, 1.54) is 16.7 Å². The van der Waals surface area contributed by atoms with Gasteiger partial charge in [0.15, 0.2) is 0 Å². The maximum absolute atomic E-state index is 5.96. The van der Waals surface area contributed by atoms with E-state index in [9.17, 15) is 0 Å². The molecule has 1 aromatic rings. The lowest BCUT2D eigenvalue weighted by Gasteiger charge is -2.32. The van der Waals surface area contributed by atoms with E-state index in [2.05, 4.69) is 24.1 Å². The van der Waals surface area contributed by atoms with Gasteiger partial charge in [0.2, 0.25) is 0 Å². The Hall–Kier alpha value is -1.06. The number of anilines is 1. The van der Waals surface area contributed by atoms with Crippen LogP contribution in [-0.2, 0) is 17.7 Å². The van der Waals surface area contributed by atoms with Gasteiger partial charge in [-0.2, -0.15) is 0 Å². The van der Waals surface area contributed by atoms with Gasteiger partial charge in [-0.3, -0.25) is 4.90 Å². The molecule has 0 saturated heterocycles. The summed E-state index contributed by atoms with van der Waals surface area (Å²) >= 11 is 0. The smallest absolute Gasteiger partial charge is 0.0957 e. The van der Waals surface area contributed by atoms with Crippen molar-refractivity contribution in [3.05, 3.63) is 28.8 Å². The summed E-state index contributed by atoms with van der Waals surface area (Å²) in [7, 11) is 2.14. The van der Waals surface area contributed by atoms with E-state index >= 15 is 0 Å². The molecule has 1 unspecified atom stereocenters. The van der Waals surface area contributed by atoms with Crippen molar-refractivity contribution in [2.75, 3.05) is 25.9 Å². The Kier molecular flexibility index (Phi) is 2.37. The number of hydrogen-bond acceptors (Lipinski definition) is 3. The van der Waals surface area contributed by atoms with Crippen molar-refractivity contribution in [3.63, 3.8) is 0 Å². The van der Waals surface area contributed by atoms with Crippen molar-refractivity contribution in [1.82, 2.24) is 4.90 Å². The molecular weight excluding hydrogens is 200 g/mol. The van der Waals surface area contributed by atoms with Crippen LogP contribution in [0.15, 0.2) is 12.1 Å². The number of aryl methyl sites for hydroxylation is 1. The number of hydrogen-bond donors (Lipinski definition) is 1. The average Bonchev–Trinajstić information content (AvgIpc) is 2.40. The largest absolute Gasteiger partial charge is 0.399 e. The van der Waals surface area contributed by atoms with Crippen LogP contribution >= 0.6 is 0 Å². The van der Waals surface area contributed by atoms with Crippen molar-refractivity contribution in [2.45, 2.75) is 25.5 Å². The minimum absolute atomic E-state index is 0.256. The SMILES string of the molecule is CN1Cc2cc(N)cc3c2C(C1)OCCC3. The topological polar surface area (TPSA) is 38.5 Å². The Morgan fingerprint density at radius 3 is 3.06 bits per heavy atom. The Morgan fingerprint density at radius 1 is 1.38 bits per heavy atom. The third kappa shape index (κ3) is 1.60. The van der Waals surface area contributed by atoms with Crippen LogP contribution in [0.2, 0.25) is 0 Å². The molecular formula is C13H18N2O. The molecule has 2 N–H and O–H groups in total.